The van der Waals surface area contributed by atoms with Gasteiger partial charge in [-0.05, 0) is 49.8 Å². The first kappa shape index (κ1) is 18.0. The van der Waals surface area contributed by atoms with Gasteiger partial charge in [-0.2, -0.15) is 0 Å². The number of carbonyl (C=O) groups is 2. The van der Waals surface area contributed by atoms with E-state index in [1.807, 2.05) is 18.4 Å². The van der Waals surface area contributed by atoms with E-state index >= 15 is 0 Å². The van der Waals surface area contributed by atoms with E-state index in [0.717, 1.165) is 23.5 Å². The van der Waals surface area contributed by atoms with Crippen LogP contribution in [-0.4, -0.2) is 40.0 Å². The first-order valence-corrected chi connectivity index (χ1v) is 10.0. The van der Waals surface area contributed by atoms with Crippen molar-refractivity contribution in [3.8, 4) is 5.75 Å². The lowest BCUT2D eigenvalue weighted by Crippen LogP contribution is -2.29. The first-order valence-electron chi connectivity index (χ1n) is 9.17. The molecule has 0 unspecified atom stereocenters. The fourth-order valence-electron chi connectivity index (χ4n) is 3.79. The summed E-state index contributed by atoms with van der Waals surface area (Å²) >= 11 is 1.57. The highest BCUT2D eigenvalue weighted by molar-refractivity contribution is 7.09. The molecule has 1 amide bonds. The van der Waals surface area contributed by atoms with Crippen molar-refractivity contribution < 1.29 is 19.4 Å². The number of carboxylic acids is 1. The van der Waals surface area contributed by atoms with Crippen LogP contribution >= 0.6 is 11.3 Å². The highest BCUT2D eigenvalue weighted by Crippen LogP contribution is 2.44. The lowest BCUT2D eigenvalue weighted by molar-refractivity contribution is -0.142. The molecule has 2 fully saturated rings. The molecule has 2 aromatic rings. The summed E-state index contributed by atoms with van der Waals surface area (Å²) in [5, 5.41) is 12.4. The number of hydrogen-bond donors (Lipinski definition) is 1. The van der Waals surface area contributed by atoms with Crippen molar-refractivity contribution in [2.45, 2.75) is 26.4 Å². The molecular formula is C20H22N2O4S. The Balaban J connectivity index is 1.43. The van der Waals surface area contributed by atoms with E-state index in [0.29, 0.717) is 36.9 Å². The summed E-state index contributed by atoms with van der Waals surface area (Å²) < 4.78 is 5.77. The van der Waals surface area contributed by atoms with Gasteiger partial charge in [-0.15, -0.1) is 11.3 Å². The van der Waals surface area contributed by atoms with Crippen LogP contribution in [-0.2, 0) is 11.4 Å². The molecule has 6 nitrogen and oxygen atoms in total. The van der Waals surface area contributed by atoms with Crippen molar-refractivity contribution in [1.29, 1.82) is 0 Å². The first-order chi connectivity index (χ1) is 13.0. The van der Waals surface area contributed by atoms with Gasteiger partial charge < -0.3 is 14.7 Å². The molecule has 1 N–H and O–H groups in total. The SMILES string of the molecule is Cc1nc(COc2cccc(C(=O)N3C[C@H](C(=O)O)[C@@H](C4CC4)C3)c2)cs1. The van der Waals surface area contributed by atoms with Gasteiger partial charge in [0.2, 0.25) is 0 Å². The van der Waals surface area contributed by atoms with Gasteiger partial charge in [-0.25, -0.2) is 4.98 Å². The summed E-state index contributed by atoms with van der Waals surface area (Å²) in [4.78, 5) is 30.5. The fourth-order valence-corrected chi connectivity index (χ4v) is 4.39. The maximum absolute atomic E-state index is 12.9. The molecule has 0 spiro atoms. The van der Waals surface area contributed by atoms with Crippen LogP contribution in [0, 0.1) is 24.7 Å². The predicted molar refractivity (Wildman–Crippen MR) is 101 cm³/mol. The number of aryl methyl sites for hydroxylation is 1. The molecule has 142 valence electrons. The maximum atomic E-state index is 12.9. The van der Waals surface area contributed by atoms with Crippen molar-refractivity contribution in [2.75, 3.05) is 13.1 Å². The lowest BCUT2D eigenvalue weighted by Gasteiger charge is -2.17. The number of aromatic nitrogens is 1. The Hall–Kier alpha value is -2.41. The number of amides is 1. The minimum absolute atomic E-state index is 0.0822. The number of thiazole rings is 1. The van der Waals surface area contributed by atoms with Crippen LogP contribution in [0.5, 0.6) is 5.75 Å². The van der Waals surface area contributed by atoms with Crippen LogP contribution in [0.3, 0.4) is 0 Å². The van der Waals surface area contributed by atoms with E-state index in [-0.39, 0.29) is 11.8 Å². The molecule has 1 aliphatic heterocycles. The van der Waals surface area contributed by atoms with Crippen molar-refractivity contribution in [2.24, 2.45) is 17.8 Å². The topological polar surface area (TPSA) is 79.7 Å². The van der Waals surface area contributed by atoms with Crippen molar-refractivity contribution in [3.63, 3.8) is 0 Å². The number of benzene rings is 1. The molecule has 7 heteroatoms. The van der Waals surface area contributed by atoms with E-state index in [1.165, 1.54) is 0 Å². The Labute approximate surface area is 161 Å². The maximum Gasteiger partial charge on any atom is 0.308 e. The highest BCUT2D eigenvalue weighted by Gasteiger charge is 2.46. The van der Waals surface area contributed by atoms with Crippen LogP contribution in [0.2, 0.25) is 0 Å². The van der Waals surface area contributed by atoms with E-state index in [2.05, 4.69) is 4.98 Å². The Morgan fingerprint density at radius 2 is 2.15 bits per heavy atom. The minimum atomic E-state index is -0.794. The molecule has 1 aliphatic carbocycles. The third-order valence-corrected chi connectivity index (χ3v) is 6.15. The number of nitrogens with zero attached hydrogens (tertiary/aromatic N) is 2. The van der Waals surface area contributed by atoms with Crippen molar-refractivity contribution in [3.05, 3.63) is 45.9 Å². The van der Waals surface area contributed by atoms with Crippen molar-refractivity contribution in [1.82, 2.24) is 9.88 Å². The van der Waals surface area contributed by atoms with Gasteiger partial charge in [0.25, 0.3) is 5.91 Å². The molecule has 2 aliphatic rings. The molecule has 27 heavy (non-hydrogen) atoms. The minimum Gasteiger partial charge on any atom is -0.487 e. The molecule has 2 atom stereocenters. The lowest BCUT2D eigenvalue weighted by atomic mass is 9.92. The van der Waals surface area contributed by atoms with Gasteiger partial charge in [0.05, 0.1) is 16.6 Å². The molecule has 1 aromatic heterocycles. The number of carboxylic acid groups (broad SMARTS) is 1. The zero-order valence-electron chi connectivity index (χ0n) is 15.1. The second-order valence-electron chi connectivity index (χ2n) is 7.33. The van der Waals surface area contributed by atoms with E-state index in [4.69, 9.17) is 4.74 Å². The number of aliphatic carboxylic acids is 1. The quantitative estimate of drug-likeness (QED) is 0.825. The summed E-state index contributed by atoms with van der Waals surface area (Å²) in [5.41, 5.74) is 1.40. The summed E-state index contributed by atoms with van der Waals surface area (Å²) in [5.74, 6) is -0.218. The second kappa shape index (κ2) is 7.31. The molecule has 4 rings (SSSR count). The standard InChI is InChI=1S/C20H22N2O4S/c1-12-21-15(11-27-12)10-26-16-4-2-3-14(7-16)19(23)22-8-17(13-5-6-13)18(9-22)20(24)25/h2-4,7,11,13,17-18H,5-6,8-10H2,1H3,(H,24,25)/t17-,18+/m1/s1. The molecular weight excluding hydrogens is 364 g/mol. The average molecular weight is 386 g/mol. The number of likely N-dealkylation sites (tertiary alicyclic amines) is 1. The van der Waals surface area contributed by atoms with Crippen molar-refractivity contribution >= 4 is 23.2 Å². The van der Waals surface area contributed by atoms with Crippen LogP contribution in [0.4, 0.5) is 0 Å². The zero-order valence-corrected chi connectivity index (χ0v) is 15.9. The summed E-state index contributed by atoms with van der Waals surface area (Å²) in [6, 6.07) is 7.08. The summed E-state index contributed by atoms with van der Waals surface area (Å²) in [7, 11) is 0. The molecule has 2 heterocycles. The highest BCUT2D eigenvalue weighted by atomic mass is 32.1. The Morgan fingerprint density at radius 1 is 1.33 bits per heavy atom. The van der Waals surface area contributed by atoms with E-state index < -0.39 is 11.9 Å². The number of carbonyl (C=O) groups excluding carboxylic acids is 1. The molecule has 1 saturated heterocycles. The largest absolute Gasteiger partial charge is 0.487 e. The number of hydrogen-bond acceptors (Lipinski definition) is 5. The van der Waals surface area contributed by atoms with Crippen LogP contribution in [0.15, 0.2) is 29.6 Å². The number of ether oxygens (including phenoxy) is 1. The third kappa shape index (κ3) is 3.98. The zero-order chi connectivity index (χ0) is 19.0. The smallest absolute Gasteiger partial charge is 0.308 e. The van der Waals surface area contributed by atoms with Gasteiger partial charge in [0, 0.05) is 24.0 Å². The van der Waals surface area contributed by atoms with E-state index in [9.17, 15) is 14.7 Å². The monoisotopic (exact) mass is 386 g/mol. The number of rotatable bonds is 6. The van der Waals surface area contributed by atoms with Crippen LogP contribution in [0.1, 0.15) is 33.9 Å². The van der Waals surface area contributed by atoms with Gasteiger partial charge in [-0.1, -0.05) is 6.07 Å². The Bertz CT molecular complexity index is 861. The Morgan fingerprint density at radius 3 is 2.81 bits per heavy atom. The fraction of sp³-hybridized carbons (Fsp3) is 0.450. The predicted octanol–water partition coefficient (Wildman–Crippen LogP) is 3.21. The normalized spacial score (nSPS) is 22.0. The van der Waals surface area contributed by atoms with Crippen LogP contribution < -0.4 is 4.74 Å². The van der Waals surface area contributed by atoms with Gasteiger partial charge in [-0.3, -0.25) is 9.59 Å². The molecule has 0 radical (unpaired) electrons. The summed E-state index contributed by atoms with van der Waals surface area (Å²) in [6.45, 7) is 3.13. The summed E-state index contributed by atoms with van der Waals surface area (Å²) in [6.07, 6.45) is 2.16. The van der Waals surface area contributed by atoms with Gasteiger partial charge >= 0.3 is 5.97 Å². The van der Waals surface area contributed by atoms with E-state index in [1.54, 1.807) is 34.4 Å². The van der Waals surface area contributed by atoms with Gasteiger partial charge in [0.15, 0.2) is 0 Å². The molecule has 1 aromatic carbocycles. The Kier molecular flexibility index (Phi) is 4.86. The average Bonchev–Trinajstić information content (AvgIpc) is 3.26. The molecule has 0 bridgehead atoms. The van der Waals surface area contributed by atoms with Crippen LogP contribution in [0.25, 0.3) is 0 Å². The molecule has 1 saturated carbocycles. The third-order valence-electron chi connectivity index (χ3n) is 5.33. The van der Waals surface area contributed by atoms with Gasteiger partial charge in [0.1, 0.15) is 12.4 Å². The second-order valence-corrected chi connectivity index (χ2v) is 8.39.